The van der Waals surface area contributed by atoms with E-state index in [9.17, 15) is 4.39 Å². The van der Waals surface area contributed by atoms with E-state index in [1.807, 2.05) is 30.3 Å². The molecule has 0 saturated heterocycles. The molecular formula is C18H17FO2. The largest absolute Gasteiger partial charge is 0.395 e. The number of rotatable bonds is 5. The molecule has 0 aliphatic rings. The molecule has 0 saturated carbocycles. The molecule has 2 nitrogen and oxygen atoms in total. The van der Waals surface area contributed by atoms with Crippen molar-refractivity contribution in [3.8, 4) is 11.8 Å². The van der Waals surface area contributed by atoms with Crippen molar-refractivity contribution in [3.63, 3.8) is 0 Å². The molecule has 0 bridgehead atoms. The van der Waals surface area contributed by atoms with Crippen molar-refractivity contribution in [1.82, 2.24) is 0 Å². The van der Waals surface area contributed by atoms with Crippen LogP contribution >= 0.6 is 0 Å². The molecule has 0 aromatic heterocycles. The van der Waals surface area contributed by atoms with Crippen molar-refractivity contribution in [2.75, 3.05) is 6.61 Å². The van der Waals surface area contributed by atoms with E-state index in [0.717, 1.165) is 11.1 Å². The lowest BCUT2D eigenvalue weighted by molar-refractivity contribution is 0.107. The monoisotopic (exact) mass is 284 g/mol. The second-order valence-electron chi connectivity index (χ2n) is 4.56. The summed E-state index contributed by atoms with van der Waals surface area (Å²) >= 11 is 0. The average Bonchev–Trinajstić information content (AvgIpc) is 2.51. The molecule has 0 aliphatic heterocycles. The number of ether oxygens (including phenoxy) is 1. The lowest BCUT2D eigenvalue weighted by Crippen LogP contribution is -1.97. The number of aliphatic hydroxyl groups excluding tert-OH is 1. The fourth-order valence-corrected chi connectivity index (χ4v) is 1.86. The topological polar surface area (TPSA) is 29.5 Å². The van der Waals surface area contributed by atoms with Crippen LogP contribution in [0, 0.1) is 17.7 Å². The molecule has 3 heteroatoms. The van der Waals surface area contributed by atoms with Crippen molar-refractivity contribution in [1.29, 1.82) is 0 Å². The zero-order valence-electron chi connectivity index (χ0n) is 11.7. The predicted octanol–water partition coefficient (Wildman–Crippen LogP) is 3.28. The standard InChI is InChI=1S/C18H17FO2/c19-18-10-9-17(16(12-18)8-4-5-11-20)14-21-13-15-6-2-1-3-7-15/h1-3,6-7,9-10,12,20H,5,11,13-14H2. The normalized spacial score (nSPS) is 10.0. The summed E-state index contributed by atoms with van der Waals surface area (Å²) in [5.41, 5.74) is 2.54. The van der Waals surface area contributed by atoms with Crippen LogP contribution in [0.15, 0.2) is 48.5 Å². The Labute approximate surface area is 124 Å². The SMILES string of the molecule is OCCC#Cc1cc(F)ccc1COCc1ccccc1. The van der Waals surface area contributed by atoms with E-state index in [4.69, 9.17) is 9.84 Å². The Hall–Kier alpha value is -2.15. The quantitative estimate of drug-likeness (QED) is 0.854. The first-order chi connectivity index (χ1) is 10.3. The van der Waals surface area contributed by atoms with Gasteiger partial charge in [-0.25, -0.2) is 4.39 Å². The maximum Gasteiger partial charge on any atom is 0.124 e. The molecule has 0 radical (unpaired) electrons. The van der Waals surface area contributed by atoms with Crippen LogP contribution in [0.4, 0.5) is 4.39 Å². The summed E-state index contributed by atoms with van der Waals surface area (Å²) in [6.07, 6.45) is 0.376. The van der Waals surface area contributed by atoms with Gasteiger partial charge in [0, 0.05) is 12.0 Å². The number of hydrogen-bond donors (Lipinski definition) is 1. The van der Waals surface area contributed by atoms with Crippen molar-refractivity contribution < 1.29 is 14.2 Å². The van der Waals surface area contributed by atoms with E-state index in [-0.39, 0.29) is 12.4 Å². The lowest BCUT2D eigenvalue weighted by Gasteiger charge is -2.07. The first kappa shape index (κ1) is 15.2. The lowest BCUT2D eigenvalue weighted by atomic mass is 10.1. The van der Waals surface area contributed by atoms with Gasteiger partial charge in [0.05, 0.1) is 19.8 Å². The van der Waals surface area contributed by atoms with Gasteiger partial charge in [0.25, 0.3) is 0 Å². The van der Waals surface area contributed by atoms with Gasteiger partial charge in [-0.15, -0.1) is 0 Å². The summed E-state index contributed by atoms with van der Waals surface area (Å²) in [6, 6.07) is 14.3. The van der Waals surface area contributed by atoms with Gasteiger partial charge in [0.15, 0.2) is 0 Å². The van der Waals surface area contributed by atoms with Crippen LogP contribution in [0.1, 0.15) is 23.1 Å². The highest BCUT2D eigenvalue weighted by atomic mass is 19.1. The molecule has 2 rings (SSSR count). The molecule has 2 aromatic rings. The van der Waals surface area contributed by atoms with Crippen LogP contribution in [0.3, 0.4) is 0 Å². The van der Waals surface area contributed by atoms with Gasteiger partial charge in [0.2, 0.25) is 0 Å². The molecule has 108 valence electrons. The Morgan fingerprint density at radius 2 is 1.86 bits per heavy atom. The second kappa shape index (κ2) is 8.21. The van der Waals surface area contributed by atoms with Crippen LogP contribution in [-0.4, -0.2) is 11.7 Å². The van der Waals surface area contributed by atoms with Crippen LogP contribution in [0.2, 0.25) is 0 Å². The van der Waals surface area contributed by atoms with Crippen molar-refractivity contribution in [2.24, 2.45) is 0 Å². The minimum absolute atomic E-state index is 0.00214. The Balaban J connectivity index is 2.01. The molecule has 0 amide bonds. The second-order valence-corrected chi connectivity index (χ2v) is 4.56. The Bertz CT molecular complexity index is 627. The fraction of sp³-hybridized carbons (Fsp3) is 0.222. The van der Waals surface area contributed by atoms with Gasteiger partial charge in [0.1, 0.15) is 5.82 Å². The molecule has 21 heavy (non-hydrogen) atoms. The molecule has 0 unspecified atom stereocenters. The minimum atomic E-state index is -0.324. The van der Waals surface area contributed by atoms with Crippen LogP contribution in [-0.2, 0) is 18.0 Å². The van der Waals surface area contributed by atoms with Gasteiger partial charge in [-0.1, -0.05) is 48.2 Å². The van der Waals surface area contributed by atoms with E-state index in [2.05, 4.69) is 11.8 Å². The summed E-state index contributed by atoms with van der Waals surface area (Å²) in [5, 5.41) is 8.73. The zero-order chi connectivity index (χ0) is 14.9. The summed E-state index contributed by atoms with van der Waals surface area (Å²) in [7, 11) is 0. The third-order valence-electron chi connectivity index (χ3n) is 2.90. The number of benzene rings is 2. The molecular weight excluding hydrogens is 267 g/mol. The number of aliphatic hydroxyl groups is 1. The molecule has 0 fully saturated rings. The minimum Gasteiger partial charge on any atom is -0.395 e. The number of halogens is 1. The highest BCUT2D eigenvalue weighted by molar-refractivity contribution is 5.41. The highest BCUT2D eigenvalue weighted by Gasteiger charge is 2.03. The fourth-order valence-electron chi connectivity index (χ4n) is 1.86. The Morgan fingerprint density at radius 3 is 2.62 bits per heavy atom. The van der Waals surface area contributed by atoms with Gasteiger partial charge >= 0.3 is 0 Å². The number of hydrogen-bond acceptors (Lipinski definition) is 2. The van der Waals surface area contributed by atoms with E-state index in [1.165, 1.54) is 12.1 Å². The summed E-state index contributed by atoms with van der Waals surface area (Å²) in [6.45, 7) is 0.877. The Kier molecular flexibility index (Phi) is 5.96. The molecule has 0 heterocycles. The Morgan fingerprint density at radius 1 is 1.05 bits per heavy atom. The van der Waals surface area contributed by atoms with Gasteiger partial charge in [-0.05, 0) is 23.3 Å². The molecule has 0 spiro atoms. The highest BCUT2D eigenvalue weighted by Crippen LogP contribution is 2.13. The van der Waals surface area contributed by atoms with Crippen molar-refractivity contribution >= 4 is 0 Å². The zero-order valence-corrected chi connectivity index (χ0v) is 11.7. The molecule has 2 aromatic carbocycles. The van der Waals surface area contributed by atoms with Crippen LogP contribution in [0.25, 0.3) is 0 Å². The predicted molar refractivity (Wildman–Crippen MR) is 79.9 cm³/mol. The van der Waals surface area contributed by atoms with E-state index < -0.39 is 0 Å². The van der Waals surface area contributed by atoms with Crippen LogP contribution in [0.5, 0.6) is 0 Å². The molecule has 0 aliphatic carbocycles. The summed E-state index contributed by atoms with van der Waals surface area (Å²) < 4.78 is 18.9. The van der Waals surface area contributed by atoms with Crippen LogP contribution < -0.4 is 0 Å². The summed E-state index contributed by atoms with van der Waals surface area (Å²) in [4.78, 5) is 0. The van der Waals surface area contributed by atoms with Gasteiger partial charge < -0.3 is 9.84 Å². The third-order valence-corrected chi connectivity index (χ3v) is 2.90. The maximum absolute atomic E-state index is 13.3. The van der Waals surface area contributed by atoms with E-state index in [1.54, 1.807) is 6.07 Å². The van der Waals surface area contributed by atoms with E-state index >= 15 is 0 Å². The van der Waals surface area contributed by atoms with Gasteiger partial charge in [-0.3, -0.25) is 0 Å². The first-order valence-electron chi connectivity index (χ1n) is 6.79. The first-order valence-corrected chi connectivity index (χ1v) is 6.79. The van der Waals surface area contributed by atoms with E-state index in [0.29, 0.717) is 25.2 Å². The van der Waals surface area contributed by atoms with Gasteiger partial charge in [-0.2, -0.15) is 0 Å². The molecule has 1 N–H and O–H groups in total. The third kappa shape index (κ3) is 5.03. The maximum atomic E-state index is 13.3. The molecule has 0 atom stereocenters. The van der Waals surface area contributed by atoms with Crippen molar-refractivity contribution in [3.05, 3.63) is 71.0 Å². The van der Waals surface area contributed by atoms with Crippen molar-refractivity contribution in [2.45, 2.75) is 19.6 Å². The smallest absolute Gasteiger partial charge is 0.124 e. The summed E-state index contributed by atoms with van der Waals surface area (Å²) in [5.74, 6) is 5.35. The average molecular weight is 284 g/mol.